The minimum atomic E-state index is -0.107. The molecule has 0 aromatic heterocycles. The molecular weight excluding hydrogens is 544 g/mol. The lowest BCUT2D eigenvalue weighted by atomic mass is 9.78. The van der Waals surface area contributed by atoms with Crippen molar-refractivity contribution in [3.8, 4) is 0 Å². The summed E-state index contributed by atoms with van der Waals surface area (Å²) in [5.41, 5.74) is 3.74. The Morgan fingerprint density at radius 3 is 1.98 bits per heavy atom. The molecule has 2 aromatic rings. The number of halogens is 1. The van der Waals surface area contributed by atoms with Gasteiger partial charge in [0.05, 0.1) is 6.04 Å². The molecule has 0 atom stereocenters. The van der Waals surface area contributed by atoms with Gasteiger partial charge in [-0.2, -0.15) is 17.9 Å². The minimum absolute atomic E-state index is 0.0908. The molecule has 2 nitrogen and oxygen atoms in total. The third-order valence-electron chi connectivity index (χ3n) is 9.62. The molecule has 0 saturated heterocycles. The highest BCUT2D eigenvalue weighted by molar-refractivity contribution is 6.32. The second-order valence-electron chi connectivity index (χ2n) is 13.5. The zero-order chi connectivity index (χ0) is 30.9. The molecule has 5 rings (SSSR count). The molecule has 3 heteroatoms. The van der Waals surface area contributed by atoms with Gasteiger partial charge in [-0.25, -0.2) is 12.2 Å². The Morgan fingerprint density at radius 2 is 1.42 bits per heavy atom. The second kappa shape index (κ2) is 12.5. The smallest absolute Gasteiger partial charge is 0.125 e. The van der Waals surface area contributed by atoms with Crippen molar-refractivity contribution >= 4 is 24.8 Å². The largest absolute Gasteiger partial charge is 0.343 e. The fourth-order valence-electron chi connectivity index (χ4n) is 7.08. The van der Waals surface area contributed by atoms with Crippen molar-refractivity contribution in [2.45, 2.75) is 90.4 Å². The first kappa shape index (κ1) is 31.3. The monoisotopic (exact) mass is 592 g/mol. The summed E-state index contributed by atoms with van der Waals surface area (Å²) in [6, 6.07) is 15.9. The standard InChI is InChI=1S/C40H49ClN2/c1-9-11-24-42-34-20-16-28(3)26-32(34)39(5,6)36(42)22-18-30-14-13-15-31(38(30)41)19-23-37-40(7,8)33-27-29(4)17-21-35(33)43(37)25-12-10-2/h16-23,26-27H,1,3-4,9-15,24-25H2,2,5-8H3/q-2/b22-18+,23-19?. The highest BCUT2D eigenvalue weighted by Gasteiger charge is 2.39. The first-order valence-electron chi connectivity index (χ1n) is 16.1. The van der Waals surface area contributed by atoms with Crippen molar-refractivity contribution in [3.05, 3.63) is 129 Å². The molecule has 0 saturated carbocycles. The van der Waals surface area contributed by atoms with E-state index in [1.807, 2.05) is 0 Å². The molecule has 0 bridgehead atoms. The Labute approximate surface area is 265 Å². The van der Waals surface area contributed by atoms with Crippen LogP contribution in [0.5, 0.6) is 0 Å². The lowest BCUT2D eigenvalue weighted by molar-refractivity contribution is 0.484. The highest BCUT2D eigenvalue weighted by Crippen LogP contribution is 2.41. The molecule has 1 aliphatic carbocycles. The Hall–Kier alpha value is -3.10. The highest BCUT2D eigenvalue weighted by atomic mass is 35.5. The fourth-order valence-corrected chi connectivity index (χ4v) is 7.40. The van der Waals surface area contributed by atoms with E-state index in [0.717, 1.165) is 67.1 Å². The van der Waals surface area contributed by atoms with Gasteiger partial charge in [-0.15, -0.1) is 17.7 Å². The summed E-state index contributed by atoms with van der Waals surface area (Å²) >= 11 is 7.19. The lowest BCUT2D eigenvalue weighted by Gasteiger charge is -2.36. The normalized spacial score (nSPS) is 19.4. The van der Waals surface area contributed by atoms with E-state index in [2.05, 4.69) is 125 Å². The summed E-state index contributed by atoms with van der Waals surface area (Å²) in [5, 5.41) is 5.65. The first-order valence-corrected chi connectivity index (χ1v) is 16.5. The SMILES string of the molecule is C=c1ccc2c(c1)C(C)(C)[C-](C=C[C-]1CCCC(/C=C/[C-]3[N+](CCC[CH2-])=c4ccc(=C)cc4C3(C)C)=C1Cl)[N+]=2CCCC. The van der Waals surface area contributed by atoms with Gasteiger partial charge in [0.1, 0.15) is 23.8 Å². The number of hydrogen-bond donors (Lipinski definition) is 0. The van der Waals surface area contributed by atoms with E-state index in [1.165, 1.54) is 51.8 Å². The van der Waals surface area contributed by atoms with Crippen LogP contribution in [0.25, 0.3) is 13.2 Å². The van der Waals surface area contributed by atoms with Crippen LogP contribution in [0.3, 0.4) is 0 Å². The molecule has 43 heavy (non-hydrogen) atoms. The van der Waals surface area contributed by atoms with Crippen LogP contribution in [-0.4, -0.2) is 13.1 Å². The lowest BCUT2D eigenvalue weighted by Crippen LogP contribution is -2.33. The van der Waals surface area contributed by atoms with Gasteiger partial charge in [0, 0.05) is 23.3 Å². The number of hydrogen-bond acceptors (Lipinski definition) is 0. The molecule has 0 spiro atoms. The van der Waals surface area contributed by atoms with Gasteiger partial charge in [0.2, 0.25) is 0 Å². The minimum Gasteiger partial charge on any atom is -0.343 e. The van der Waals surface area contributed by atoms with E-state index in [1.54, 1.807) is 0 Å². The molecule has 0 fully saturated rings. The number of benzene rings is 2. The van der Waals surface area contributed by atoms with Crippen molar-refractivity contribution in [1.29, 1.82) is 0 Å². The number of fused-ring (bicyclic) bond motifs is 2. The van der Waals surface area contributed by atoms with Crippen LogP contribution >= 0.6 is 11.6 Å². The molecule has 0 unspecified atom stereocenters. The second-order valence-corrected chi connectivity index (χ2v) is 13.9. The van der Waals surface area contributed by atoms with Gasteiger partial charge in [-0.1, -0.05) is 103 Å². The number of rotatable bonds is 10. The van der Waals surface area contributed by atoms with Crippen LogP contribution in [0.2, 0.25) is 0 Å². The summed E-state index contributed by atoms with van der Waals surface area (Å²) in [5.74, 6) is 1.23. The maximum absolute atomic E-state index is 7.19. The number of nitrogens with zero attached hydrogens (tertiary/aromatic N) is 2. The van der Waals surface area contributed by atoms with E-state index in [9.17, 15) is 0 Å². The van der Waals surface area contributed by atoms with Gasteiger partial charge >= 0.3 is 0 Å². The van der Waals surface area contributed by atoms with E-state index in [0.29, 0.717) is 0 Å². The maximum atomic E-state index is 7.19. The Morgan fingerprint density at radius 1 is 0.860 bits per heavy atom. The molecule has 0 N–H and O–H groups in total. The van der Waals surface area contributed by atoms with E-state index >= 15 is 0 Å². The summed E-state index contributed by atoms with van der Waals surface area (Å²) in [6.07, 6.45) is 16.6. The van der Waals surface area contributed by atoms with Crippen molar-refractivity contribution in [1.82, 2.24) is 9.15 Å². The average molecular weight is 593 g/mol. The number of allylic oxidation sites excluding steroid dienone is 4. The van der Waals surface area contributed by atoms with Gasteiger partial charge in [0.25, 0.3) is 0 Å². The van der Waals surface area contributed by atoms with Crippen LogP contribution in [0.15, 0.2) is 71.3 Å². The third kappa shape index (κ3) is 5.88. The van der Waals surface area contributed by atoms with E-state index < -0.39 is 0 Å². The molecule has 0 radical (unpaired) electrons. The van der Waals surface area contributed by atoms with Crippen molar-refractivity contribution in [2.75, 3.05) is 13.1 Å². The summed E-state index contributed by atoms with van der Waals surface area (Å²) < 4.78 is 5.00. The van der Waals surface area contributed by atoms with Crippen LogP contribution < -0.4 is 30.3 Å². The first-order chi connectivity index (χ1) is 20.5. The van der Waals surface area contributed by atoms with E-state index in [-0.39, 0.29) is 10.8 Å². The zero-order valence-corrected chi connectivity index (χ0v) is 27.8. The van der Waals surface area contributed by atoms with Gasteiger partial charge in [-0.05, 0) is 40.1 Å². The average Bonchev–Trinajstić information content (AvgIpc) is 3.31. The van der Waals surface area contributed by atoms with Crippen molar-refractivity contribution in [2.24, 2.45) is 0 Å². The van der Waals surface area contributed by atoms with E-state index in [4.69, 9.17) is 11.6 Å². The topological polar surface area (TPSA) is 6.02 Å². The Balaban J connectivity index is 1.44. The van der Waals surface area contributed by atoms with Crippen LogP contribution in [-0.2, 0) is 10.8 Å². The molecule has 0 amide bonds. The quantitative estimate of drug-likeness (QED) is 0.216. The molecule has 228 valence electrons. The third-order valence-corrected chi connectivity index (χ3v) is 10.1. The van der Waals surface area contributed by atoms with Gasteiger partial charge in [0.15, 0.2) is 0 Å². The van der Waals surface area contributed by atoms with Crippen LogP contribution in [0, 0.1) is 24.9 Å². The summed E-state index contributed by atoms with van der Waals surface area (Å²) in [7, 11) is 0. The number of unbranched alkanes of at least 4 members (excludes halogenated alkanes) is 2. The fraction of sp³-hybridized carbons (Fsp3) is 0.400. The van der Waals surface area contributed by atoms with Crippen molar-refractivity contribution < 1.29 is 0 Å². The summed E-state index contributed by atoms with van der Waals surface area (Å²) in [6.45, 7) is 26.1. The molecular formula is C40H49ClN2-2. The Bertz CT molecular complexity index is 1690. The van der Waals surface area contributed by atoms with Gasteiger partial charge in [-0.3, -0.25) is 6.08 Å². The Kier molecular flexibility index (Phi) is 9.10. The van der Waals surface area contributed by atoms with Gasteiger partial charge < -0.3 is 16.1 Å². The molecule has 2 heterocycles. The predicted octanol–water partition coefficient (Wildman–Crippen LogP) is 6.61. The van der Waals surface area contributed by atoms with Crippen LogP contribution in [0.4, 0.5) is 0 Å². The molecule has 2 aliphatic heterocycles. The molecule has 2 aromatic carbocycles. The van der Waals surface area contributed by atoms with Crippen molar-refractivity contribution in [3.63, 3.8) is 0 Å². The maximum Gasteiger partial charge on any atom is 0.125 e. The molecule has 3 aliphatic rings. The predicted molar refractivity (Wildman–Crippen MR) is 185 cm³/mol. The summed E-state index contributed by atoms with van der Waals surface area (Å²) in [4.78, 5) is 0. The van der Waals surface area contributed by atoms with Crippen LogP contribution in [0.1, 0.15) is 90.7 Å². The zero-order valence-electron chi connectivity index (χ0n) is 27.0.